The first-order valence-electron chi connectivity index (χ1n) is 5.94. The quantitative estimate of drug-likeness (QED) is 0.752. The number of benzene rings is 1. The maximum absolute atomic E-state index is 12.9. The van der Waals surface area contributed by atoms with Gasteiger partial charge in [-0.1, -0.05) is 24.1 Å². The van der Waals surface area contributed by atoms with Gasteiger partial charge >= 0.3 is 0 Å². The third-order valence-corrected chi connectivity index (χ3v) is 4.02. The Morgan fingerprint density at radius 3 is 2.88 bits per heavy atom. The van der Waals surface area contributed by atoms with Crippen molar-refractivity contribution in [2.75, 3.05) is 12.4 Å². The molecule has 1 aromatic carbocycles. The average Bonchev–Trinajstić information content (AvgIpc) is 2.33. The molecule has 17 heavy (non-hydrogen) atoms. The van der Waals surface area contributed by atoms with Crippen LogP contribution >= 0.6 is 23.2 Å². The molecule has 0 saturated carbocycles. The van der Waals surface area contributed by atoms with Crippen molar-refractivity contribution >= 4 is 23.2 Å². The Bertz CT molecular complexity index is 384. The maximum Gasteiger partial charge on any atom is 0.124 e. The zero-order valence-corrected chi connectivity index (χ0v) is 11.1. The van der Waals surface area contributed by atoms with E-state index in [-0.39, 0.29) is 5.82 Å². The van der Waals surface area contributed by atoms with Gasteiger partial charge < -0.3 is 0 Å². The van der Waals surface area contributed by atoms with Crippen LogP contribution in [0.2, 0.25) is 5.02 Å². The van der Waals surface area contributed by atoms with E-state index in [2.05, 4.69) is 4.90 Å². The van der Waals surface area contributed by atoms with Gasteiger partial charge in [0.15, 0.2) is 0 Å². The van der Waals surface area contributed by atoms with Crippen LogP contribution in [0.1, 0.15) is 24.8 Å². The largest absolute Gasteiger partial charge is 0.295 e. The minimum atomic E-state index is -0.286. The molecule has 0 spiro atoms. The lowest BCUT2D eigenvalue weighted by molar-refractivity contribution is 0.155. The van der Waals surface area contributed by atoms with E-state index in [1.807, 2.05) is 0 Å². The first-order valence-corrected chi connectivity index (χ1v) is 6.86. The summed E-state index contributed by atoms with van der Waals surface area (Å²) in [4.78, 5) is 2.34. The summed E-state index contributed by atoms with van der Waals surface area (Å²) in [5, 5.41) is 0.504. The molecule has 94 valence electrons. The molecule has 1 saturated heterocycles. The van der Waals surface area contributed by atoms with Crippen molar-refractivity contribution in [1.29, 1.82) is 0 Å². The Balaban J connectivity index is 2.08. The lowest BCUT2D eigenvalue weighted by Gasteiger charge is -2.34. The van der Waals surface area contributed by atoms with Crippen LogP contribution in [0.15, 0.2) is 18.2 Å². The molecule has 0 N–H and O–H groups in total. The summed E-state index contributed by atoms with van der Waals surface area (Å²) in [7, 11) is 0. The zero-order chi connectivity index (χ0) is 12.3. The van der Waals surface area contributed by atoms with Crippen molar-refractivity contribution in [3.8, 4) is 0 Å². The van der Waals surface area contributed by atoms with Crippen LogP contribution in [0.5, 0.6) is 0 Å². The van der Waals surface area contributed by atoms with Gasteiger partial charge in [-0.15, -0.1) is 11.6 Å². The molecule has 1 aromatic rings. The van der Waals surface area contributed by atoms with Gasteiger partial charge in [0.05, 0.1) is 0 Å². The number of rotatable bonds is 3. The molecule has 1 fully saturated rings. The van der Waals surface area contributed by atoms with Crippen molar-refractivity contribution in [3.05, 3.63) is 34.6 Å². The van der Waals surface area contributed by atoms with Crippen molar-refractivity contribution in [3.63, 3.8) is 0 Å². The molecule has 1 heterocycles. The maximum atomic E-state index is 12.9. The highest BCUT2D eigenvalue weighted by atomic mass is 35.5. The lowest BCUT2D eigenvalue weighted by Crippen LogP contribution is -2.40. The fraction of sp³-hybridized carbons (Fsp3) is 0.538. The van der Waals surface area contributed by atoms with Crippen molar-refractivity contribution in [1.82, 2.24) is 4.90 Å². The van der Waals surface area contributed by atoms with Crippen LogP contribution in [-0.2, 0) is 6.54 Å². The monoisotopic (exact) mass is 275 g/mol. The van der Waals surface area contributed by atoms with E-state index in [1.54, 1.807) is 6.07 Å². The van der Waals surface area contributed by atoms with E-state index in [1.165, 1.54) is 25.0 Å². The Morgan fingerprint density at radius 2 is 2.18 bits per heavy atom. The van der Waals surface area contributed by atoms with Crippen LogP contribution in [0.25, 0.3) is 0 Å². The van der Waals surface area contributed by atoms with Crippen molar-refractivity contribution < 1.29 is 4.39 Å². The first-order chi connectivity index (χ1) is 8.20. The summed E-state index contributed by atoms with van der Waals surface area (Å²) in [6.07, 6.45) is 3.58. The van der Waals surface area contributed by atoms with Gasteiger partial charge in [0.1, 0.15) is 5.82 Å². The second-order valence-electron chi connectivity index (χ2n) is 4.51. The van der Waals surface area contributed by atoms with Crippen molar-refractivity contribution in [2.45, 2.75) is 31.8 Å². The molecular formula is C13H16Cl2FN. The number of hydrogen-bond donors (Lipinski definition) is 0. The number of alkyl halides is 1. The minimum Gasteiger partial charge on any atom is -0.295 e. The number of hydrogen-bond acceptors (Lipinski definition) is 1. The third kappa shape index (κ3) is 3.34. The summed E-state index contributed by atoms with van der Waals surface area (Å²) >= 11 is 12.0. The molecule has 1 atom stereocenters. The molecule has 0 aromatic heterocycles. The van der Waals surface area contributed by atoms with Gasteiger partial charge in [0.2, 0.25) is 0 Å². The topological polar surface area (TPSA) is 3.24 Å². The van der Waals surface area contributed by atoms with Crippen molar-refractivity contribution in [2.24, 2.45) is 0 Å². The lowest BCUT2D eigenvalue weighted by atomic mass is 10.0. The van der Waals surface area contributed by atoms with Crippen LogP contribution in [-0.4, -0.2) is 23.4 Å². The van der Waals surface area contributed by atoms with Gasteiger partial charge in [0.25, 0.3) is 0 Å². The number of likely N-dealkylation sites (tertiary alicyclic amines) is 1. The predicted octanol–water partition coefficient (Wildman–Crippen LogP) is 4.07. The van der Waals surface area contributed by atoms with Crippen LogP contribution in [0, 0.1) is 5.82 Å². The van der Waals surface area contributed by atoms with E-state index in [9.17, 15) is 4.39 Å². The van der Waals surface area contributed by atoms with E-state index in [0.29, 0.717) is 16.9 Å². The molecule has 0 radical (unpaired) electrons. The van der Waals surface area contributed by atoms with Crippen LogP contribution in [0.3, 0.4) is 0 Å². The minimum absolute atomic E-state index is 0.286. The fourth-order valence-electron chi connectivity index (χ4n) is 2.31. The zero-order valence-electron chi connectivity index (χ0n) is 9.63. The summed E-state index contributed by atoms with van der Waals surface area (Å²) in [6.45, 7) is 1.81. The van der Waals surface area contributed by atoms with E-state index < -0.39 is 0 Å². The van der Waals surface area contributed by atoms with Gasteiger partial charge in [-0.25, -0.2) is 4.39 Å². The second kappa shape index (κ2) is 6.03. The standard InChI is InChI=1S/C13H16Cl2FN/c14-8-12-3-1-2-6-17(12)9-10-4-5-11(16)7-13(10)15/h4-5,7,12H,1-3,6,8-9H2. The highest BCUT2D eigenvalue weighted by Crippen LogP contribution is 2.24. The second-order valence-corrected chi connectivity index (χ2v) is 5.23. The summed E-state index contributed by atoms with van der Waals surface area (Å²) in [6, 6.07) is 5.01. The van der Waals surface area contributed by atoms with Gasteiger partial charge in [-0.3, -0.25) is 4.90 Å². The number of halogens is 3. The molecule has 0 amide bonds. The van der Waals surface area contributed by atoms with Gasteiger partial charge in [0, 0.05) is 23.5 Å². The predicted molar refractivity (Wildman–Crippen MR) is 70.2 cm³/mol. The summed E-state index contributed by atoms with van der Waals surface area (Å²) in [5.41, 5.74) is 0.977. The molecule has 1 unspecified atom stereocenters. The fourth-order valence-corrected chi connectivity index (χ4v) is 2.89. The number of nitrogens with zero attached hydrogens (tertiary/aromatic N) is 1. The molecule has 1 aliphatic heterocycles. The highest BCUT2D eigenvalue weighted by Gasteiger charge is 2.22. The normalized spacial score (nSPS) is 21.7. The molecule has 2 rings (SSSR count). The molecular weight excluding hydrogens is 260 g/mol. The molecule has 0 bridgehead atoms. The van der Waals surface area contributed by atoms with Gasteiger partial charge in [-0.2, -0.15) is 0 Å². The molecule has 1 nitrogen and oxygen atoms in total. The third-order valence-electron chi connectivity index (χ3n) is 3.32. The van der Waals surface area contributed by atoms with Crippen LogP contribution < -0.4 is 0 Å². The van der Waals surface area contributed by atoms with E-state index in [0.717, 1.165) is 25.1 Å². The Labute approximate surface area is 112 Å². The number of piperidine rings is 1. The highest BCUT2D eigenvalue weighted by molar-refractivity contribution is 6.31. The SMILES string of the molecule is Fc1ccc(CN2CCCCC2CCl)c(Cl)c1. The molecule has 1 aliphatic rings. The first kappa shape index (κ1) is 13.1. The Hall–Kier alpha value is -0.310. The Kier molecular flexibility index (Phi) is 4.66. The smallest absolute Gasteiger partial charge is 0.124 e. The molecule has 0 aliphatic carbocycles. The molecule has 4 heteroatoms. The summed E-state index contributed by atoms with van der Waals surface area (Å²) in [5.74, 6) is 0.366. The van der Waals surface area contributed by atoms with E-state index >= 15 is 0 Å². The van der Waals surface area contributed by atoms with E-state index in [4.69, 9.17) is 23.2 Å². The van der Waals surface area contributed by atoms with Gasteiger partial charge in [-0.05, 0) is 37.1 Å². The Morgan fingerprint density at radius 1 is 1.35 bits per heavy atom. The average molecular weight is 276 g/mol. The summed E-state index contributed by atoms with van der Waals surface area (Å²) < 4.78 is 12.9. The van der Waals surface area contributed by atoms with Crippen LogP contribution in [0.4, 0.5) is 4.39 Å².